The first-order valence-corrected chi connectivity index (χ1v) is 11.2. The molecule has 1 heterocycles. The van der Waals surface area contributed by atoms with Gasteiger partial charge in [0, 0.05) is 9.90 Å². The number of carbonyl (C=O) groups is 2. The highest BCUT2D eigenvalue weighted by Gasteiger charge is 2.28. The van der Waals surface area contributed by atoms with E-state index in [2.05, 4.69) is 5.32 Å². The van der Waals surface area contributed by atoms with Crippen LogP contribution in [0.4, 0.5) is 5.00 Å². The number of rotatable bonds is 7. The first-order chi connectivity index (χ1) is 14.0. The molecule has 1 atom stereocenters. The van der Waals surface area contributed by atoms with E-state index in [1.54, 1.807) is 31.2 Å². The first-order valence-electron chi connectivity index (χ1n) is 10.0. The average molecular weight is 436 g/mol. The molecule has 156 valence electrons. The lowest BCUT2D eigenvalue weighted by Gasteiger charge is -2.15. The van der Waals surface area contributed by atoms with Crippen molar-refractivity contribution in [3.63, 3.8) is 0 Å². The van der Waals surface area contributed by atoms with Crippen LogP contribution < -0.4 is 10.1 Å². The summed E-state index contributed by atoms with van der Waals surface area (Å²) in [6, 6.07) is 6.91. The van der Waals surface area contributed by atoms with Crippen LogP contribution in [0.1, 0.15) is 60.3 Å². The Labute approximate surface area is 180 Å². The number of benzene rings is 1. The van der Waals surface area contributed by atoms with Crippen molar-refractivity contribution >= 4 is 39.8 Å². The molecule has 7 heteroatoms. The molecule has 2 aromatic rings. The van der Waals surface area contributed by atoms with Gasteiger partial charge >= 0.3 is 5.97 Å². The number of carbonyl (C=O) groups excluding carboxylic acids is 2. The maximum absolute atomic E-state index is 12.8. The molecule has 0 saturated heterocycles. The van der Waals surface area contributed by atoms with Gasteiger partial charge in [-0.25, -0.2) is 4.79 Å². The fraction of sp³-hybridized carbons (Fsp3) is 0.455. The number of fused-ring (bicyclic) bond motifs is 1. The molecule has 1 amide bonds. The molecule has 1 N–H and O–H groups in total. The number of aryl methyl sites for hydroxylation is 1. The Morgan fingerprint density at radius 1 is 1.24 bits per heavy atom. The van der Waals surface area contributed by atoms with Crippen LogP contribution in [0.15, 0.2) is 24.3 Å². The fourth-order valence-electron chi connectivity index (χ4n) is 3.33. The number of hydrogen-bond acceptors (Lipinski definition) is 5. The largest absolute Gasteiger partial charge is 0.481 e. The standard InChI is InChI=1S/C22H26ClNO4S/c1-3-12-27-22(26)19-17-10-5-4-6-11-18(17)29-21(19)24-20(25)14(2)28-16-9-7-8-15(23)13-16/h7-9,13-14H,3-6,10-12H2,1-2H3,(H,24,25)/t14-/m0/s1. The quantitative estimate of drug-likeness (QED) is 0.451. The van der Waals surface area contributed by atoms with Crippen LogP contribution >= 0.6 is 22.9 Å². The van der Waals surface area contributed by atoms with Crippen molar-refractivity contribution in [2.45, 2.75) is 58.5 Å². The van der Waals surface area contributed by atoms with E-state index < -0.39 is 6.10 Å². The Balaban J connectivity index is 1.79. The second-order valence-corrected chi connectivity index (χ2v) is 8.65. The molecule has 29 heavy (non-hydrogen) atoms. The third-order valence-electron chi connectivity index (χ3n) is 4.78. The van der Waals surface area contributed by atoms with E-state index in [4.69, 9.17) is 21.1 Å². The van der Waals surface area contributed by atoms with E-state index in [0.717, 1.165) is 44.1 Å². The smallest absolute Gasteiger partial charge is 0.341 e. The van der Waals surface area contributed by atoms with Gasteiger partial charge in [0.25, 0.3) is 5.91 Å². The molecule has 0 spiro atoms. The van der Waals surface area contributed by atoms with Crippen molar-refractivity contribution < 1.29 is 19.1 Å². The number of amides is 1. The van der Waals surface area contributed by atoms with Gasteiger partial charge < -0.3 is 14.8 Å². The van der Waals surface area contributed by atoms with E-state index in [-0.39, 0.29) is 11.9 Å². The van der Waals surface area contributed by atoms with Crippen LogP contribution in [0.3, 0.4) is 0 Å². The van der Waals surface area contributed by atoms with Crippen LogP contribution in [0.2, 0.25) is 5.02 Å². The zero-order valence-corrected chi connectivity index (χ0v) is 18.3. The molecule has 3 rings (SSSR count). The second kappa shape index (κ2) is 10.1. The molecule has 0 aliphatic heterocycles. The highest BCUT2D eigenvalue weighted by molar-refractivity contribution is 7.17. The van der Waals surface area contributed by atoms with Crippen LogP contribution in [-0.4, -0.2) is 24.6 Å². The van der Waals surface area contributed by atoms with Crippen molar-refractivity contribution in [3.05, 3.63) is 45.3 Å². The second-order valence-electron chi connectivity index (χ2n) is 7.11. The molecule has 0 fully saturated rings. The molecule has 0 unspecified atom stereocenters. The molecule has 1 aliphatic rings. The van der Waals surface area contributed by atoms with E-state index >= 15 is 0 Å². The monoisotopic (exact) mass is 435 g/mol. The Morgan fingerprint density at radius 3 is 2.79 bits per heavy atom. The summed E-state index contributed by atoms with van der Waals surface area (Å²) < 4.78 is 11.1. The van der Waals surface area contributed by atoms with E-state index in [1.807, 2.05) is 6.92 Å². The number of halogens is 1. The average Bonchev–Trinajstić information content (AvgIpc) is 2.86. The van der Waals surface area contributed by atoms with Crippen LogP contribution in [0, 0.1) is 0 Å². The number of thiophene rings is 1. The minimum atomic E-state index is -0.741. The number of hydrogen-bond donors (Lipinski definition) is 1. The Kier molecular flexibility index (Phi) is 7.56. The van der Waals surface area contributed by atoms with Gasteiger partial charge in [-0.05, 0) is 62.8 Å². The van der Waals surface area contributed by atoms with Gasteiger partial charge in [0.15, 0.2) is 6.10 Å². The number of anilines is 1. The number of nitrogens with one attached hydrogen (secondary N) is 1. The maximum Gasteiger partial charge on any atom is 0.341 e. The van der Waals surface area contributed by atoms with Crippen LogP contribution in [0.5, 0.6) is 5.75 Å². The van der Waals surface area contributed by atoms with E-state index in [9.17, 15) is 9.59 Å². The SMILES string of the molecule is CCCOC(=O)c1c(NC(=O)[C@H](C)Oc2cccc(Cl)c2)sc2c1CCCCC2. The van der Waals surface area contributed by atoms with Gasteiger partial charge in [-0.15, -0.1) is 11.3 Å². The molecular formula is C22H26ClNO4S. The normalized spacial score (nSPS) is 14.4. The molecule has 0 radical (unpaired) electrons. The van der Waals surface area contributed by atoms with Crippen LogP contribution in [0.25, 0.3) is 0 Å². The predicted molar refractivity (Wildman–Crippen MR) is 116 cm³/mol. The van der Waals surface area contributed by atoms with Crippen molar-refractivity contribution in [3.8, 4) is 5.75 Å². The third kappa shape index (κ3) is 5.52. The zero-order chi connectivity index (χ0) is 20.8. The van der Waals surface area contributed by atoms with Crippen molar-refractivity contribution in [1.29, 1.82) is 0 Å². The minimum absolute atomic E-state index is 0.314. The summed E-state index contributed by atoms with van der Waals surface area (Å²) in [4.78, 5) is 26.7. The highest BCUT2D eigenvalue weighted by atomic mass is 35.5. The van der Waals surface area contributed by atoms with Crippen LogP contribution in [-0.2, 0) is 22.4 Å². The number of ether oxygens (including phenoxy) is 2. The Morgan fingerprint density at radius 2 is 2.03 bits per heavy atom. The molecule has 1 aromatic heterocycles. The van der Waals surface area contributed by atoms with Gasteiger partial charge in [-0.2, -0.15) is 0 Å². The molecule has 0 saturated carbocycles. The summed E-state index contributed by atoms with van der Waals surface area (Å²) in [5.41, 5.74) is 1.55. The van der Waals surface area contributed by atoms with Gasteiger partial charge in [0.05, 0.1) is 12.2 Å². The third-order valence-corrected chi connectivity index (χ3v) is 6.22. The lowest BCUT2D eigenvalue weighted by molar-refractivity contribution is -0.122. The van der Waals surface area contributed by atoms with Gasteiger partial charge in [-0.1, -0.05) is 31.0 Å². The predicted octanol–water partition coefficient (Wildman–Crippen LogP) is 5.64. The van der Waals surface area contributed by atoms with E-state index in [1.165, 1.54) is 16.2 Å². The fourth-order valence-corrected chi connectivity index (χ4v) is 4.79. The van der Waals surface area contributed by atoms with Gasteiger partial charge in [0.1, 0.15) is 10.8 Å². The molecule has 1 aromatic carbocycles. The minimum Gasteiger partial charge on any atom is -0.481 e. The molecular weight excluding hydrogens is 410 g/mol. The summed E-state index contributed by atoms with van der Waals surface area (Å²) in [5, 5.41) is 4.00. The summed E-state index contributed by atoms with van der Waals surface area (Å²) in [5.74, 6) is -0.152. The maximum atomic E-state index is 12.8. The molecule has 1 aliphatic carbocycles. The summed E-state index contributed by atoms with van der Waals surface area (Å²) in [7, 11) is 0. The highest BCUT2D eigenvalue weighted by Crippen LogP contribution is 2.38. The van der Waals surface area contributed by atoms with E-state index in [0.29, 0.717) is 27.9 Å². The number of esters is 1. The summed E-state index contributed by atoms with van der Waals surface area (Å²) in [6.07, 6.45) is 5.07. The zero-order valence-electron chi connectivity index (χ0n) is 16.8. The van der Waals surface area contributed by atoms with Gasteiger partial charge in [-0.3, -0.25) is 4.79 Å². The van der Waals surface area contributed by atoms with Crippen molar-refractivity contribution in [2.75, 3.05) is 11.9 Å². The molecule has 5 nitrogen and oxygen atoms in total. The summed E-state index contributed by atoms with van der Waals surface area (Å²) >= 11 is 7.46. The lowest BCUT2D eigenvalue weighted by Crippen LogP contribution is -2.30. The van der Waals surface area contributed by atoms with Gasteiger partial charge in [0.2, 0.25) is 0 Å². The summed E-state index contributed by atoms with van der Waals surface area (Å²) in [6.45, 7) is 3.99. The van der Waals surface area contributed by atoms with Crippen molar-refractivity contribution in [1.82, 2.24) is 0 Å². The Bertz CT molecular complexity index is 880. The first kappa shape index (κ1) is 21.7. The Hall–Kier alpha value is -2.05. The lowest BCUT2D eigenvalue weighted by atomic mass is 10.1. The topological polar surface area (TPSA) is 64.6 Å². The van der Waals surface area contributed by atoms with Crippen molar-refractivity contribution in [2.24, 2.45) is 0 Å². The molecule has 0 bridgehead atoms.